The van der Waals surface area contributed by atoms with Crippen LogP contribution in [0.25, 0.3) is 0 Å². The third kappa shape index (κ3) is 2.42. The molecule has 82 valence electrons. The minimum atomic E-state index is 0.0597. The van der Waals surface area contributed by atoms with Gasteiger partial charge in [-0.3, -0.25) is 4.79 Å². The Morgan fingerprint density at radius 3 is 2.50 bits per heavy atom. The molecule has 0 bridgehead atoms. The number of Topliss-reactive ketones (excluding diaryl/α,β-unsaturated/α-hetero) is 1. The summed E-state index contributed by atoms with van der Waals surface area (Å²) in [6.07, 6.45) is 1.91. The SMILES string of the molecule is Cc1ccc(CC(=O)c2ccoc2Br)cc1. The van der Waals surface area contributed by atoms with E-state index >= 15 is 0 Å². The van der Waals surface area contributed by atoms with Gasteiger partial charge in [-0.15, -0.1) is 0 Å². The largest absolute Gasteiger partial charge is 0.457 e. The summed E-state index contributed by atoms with van der Waals surface area (Å²) < 4.78 is 5.54. The molecule has 1 heterocycles. The van der Waals surface area contributed by atoms with E-state index < -0.39 is 0 Å². The molecular weight excluding hydrogens is 268 g/mol. The van der Waals surface area contributed by atoms with Crippen LogP contribution in [0.1, 0.15) is 21.5 Å². The Hall–Kier alpha value is -1.35. The fourth-order valence-corrected chi connectivity index (χ4v) is 1.94. The Balaban J connectivity index is 2.14. The van der Waals surface area contributed by atoms with Crippen LogP contribution in [0.3, 0.4) is 0 Å². The van der Waals surface area contributed by atoms with Gasteiger partial charge in [-0.25, -0.2) is 0 Å². The monoisotopic (exact) mass is 278 g/mol. The highest BCUT2D eigenvalue weighted by atomic mass is 79.9. The number of carbonyl (C=O) groups is 1. The Morgan fingerprint density at radius 2 is 1.94 bits per heavy atom. The maximum Gasteiger partial charge on any atom is 0.179 e. The van der Waals surface area contributed by atoms with Crippen LogP contribution in [0.2, 0.25) is 0 Å². The second-order valence-electron chi connectivity index (χ2n) is 3.69. The number of furan rings is 1. The van der Waals surface area contributed by atoms with E-state index in [4.69, 9.17) is 4.42 Å². The molecular formula is C13H11BrO2. The standard InChI is InChI=1S/C13H11BrO2/c1-9-2-4-10(5-3-9)8-12(15)11-6-7-16-13(11)14/h2-7H,8H2,1H3. The normalized spacial score (nSPS) is 10.4. The minimum Gasteiger partial charge on any atom is -0.457 e. The summed E-state index contributed by atoms with van der Waals surface area (Å²) in [5.41, 5.74) is 2.81. The van der Waals surface area contributed by atoms with Gasteiger partial charge < -0.3 is 4.42 Å². The Bertz CT molecular complexity index is 497. The van der Waals surface area contributed by atoms with Crippen LogP contribution in [0.4, 0.5) is 0 Å². The van der Waals surface area contributed by atoms with Gasteiger partial charge in [-0.2, -0.15) is 0 Å². The van der Waals surface area contributed by atoms with Crippen LogP contribution in [-0.4, -0.2) is 5.78 Å². The van der Waals surface area contributed by atoms with E-state index in [2.05, 4.69) is 15.9 Å². The van der Waals surface area contributed by atoms with Gasteiger partial charge in [0.15, 0.2) is 10.5 Å². The Morgan fingerprint density at radius 1 is 1.25 bits per heavy atom. The highest BCUT2D eigenvalue weighted by Gasteiger charge is 2.12. The molecule has 2 rings (SSSR count). The van der Waals surface area contributed by atoms with Crippen LogP contribution in [0.15, 0.2) is 45.7 Å². The van der Waals surface area contributed by atoms with Gasteiger partial charge in [0.25, 0.3) is 0 Å². The first kappa shape index (κ1) is 11.1. The number of hydrogen-bond acceptors (Lipinski definition) is 2. The fraction of sp³-hybridized carbons (Fsp3) is 0.154. The highest BCUT2D eigenvalue weighted by molar-refractivity contribution is 9.10. The topological polar surface area (TPSA) is 30.2 Å². The second-order valence-corrected chi connectivity index (χ2v) is 4.41. The number of halogens is 1. The van der Waals surface area contributed by atoms with E-state index in [1.165, 1.54) is 11.8 Å². The van der Waals surface area contributed by atoms with Gasteiger partial charge in [-0.05, 0) is 34.5 Å². The number of ketones is 1. The summed E-state index contributed by atoms with van der Waals surface area (Å²) in [5, 5.41) is 0. The third-order valence-electron chi connectivity index (χ3n) is 2.40. The van der Waals surface area contributed by atoms with Crippen molar-refractivity contribution >= 4 is 21.7 Å². The van der Waals surface area contributed by atoms with Gasteiger partial charge in [0.2, 0.25) is 0 Å². The zero-order valence-electron chi connectivity index (χ0n) is 8.87. The van der Waals surface area contributed by atoms with Gasteiger partial charge in [0, 0.05) is 6.42 Å². The predicted molar refractivity (Wildman–Crippen MR) is 65.6 cm³/mol. The number of rotatable bonds is 3. The van der Waals surface area contributed by atoms with E-state index in [9.17, 15) is 4.79 Å². The number of benzene rings is 1. The molecule has 0 saturated heterocycles. The Labute approximate surface area is 102 Å². The molecule has 0 fully saturated rings. The summed E-state index contributed by atoms with van der Waals surface area (Å²) in [6, 6.07) is 9.64. The molecule has 0 atom stereocenters. The fourth-order valence-electron chi connectivity index (χ4n) is 1.48. The van der Waals surface area contributed by atoms with E-state index in [-0.39, 0.29) is 5.78 Å². The molecule has 3 heteroatoms. The van der Waals surface area contributed by atoms with Crippen LogP contribution >= 0.6 is 15.9 Å². The van der Waals surface area contributed by atoms with Crippen molar-refractivity contribution in [2.75, 3.05) is 0 Å². The smallest absolute Gasteiger partial charge is 0.179 e. The maximum absolute atomic E-state index is 11.9. The van der Waals surface area contributed by atoms with Gasteiger partial charge >= 0.3 is 0 Å². The Kier molecular flexibility index (Phi) is 3.25. The molecule has 0 N–H and O–H groups in total. The van der Waals surface area contributed by atoms with Gasteiger partial charge in [-0.1, -0.05) is 29.8 Å². The zero-order chi connectivity index (χ0) is 11.5. The van der Waals surface area contributed by atoms with Gasteiger partial charge in [0.05, 0.1) is 11.8 Å². The van der Waals surface area contributed by atoms with Crippen molar-refractivity contribution in [1.82, 2.24) is 0 Å². The molecule has 0 aliphatic heterocycles. The summed E-state index contributed by atoms with van der Waals surface area (Å²) in [7, 11) is 0. The molecule has 2 nitrogen and oxygen atoms in total. The minimum absolute atomic E-state index is 0.0597. The summed E-state index contributed by atoms with van der Waals surface area (Å²) in [4.78, 5) is 11.9. The molecule has 0 spiro atoms. The molecule has 0 aliphatic rings. The zero-order valence-corrected chi connectivity index (χ0v) is 10.5. The molecule has 1 aromatic heterocycles. The molecule has 0 unspecified atom stereocenters. The van der Waals surface area contributed by atoms with Crippen LogP contribution < -0.4 is 0 Å². The molecule has 1 aromatic carbocycles. The molecule has 0 amide bonds. The first-order chi connectivity index (χ1) is 7.66. The lowest BCUT2D eigenvalue weighted by Crippen LogP contribution is -2.02. The molecule has 2 aromatic rings. The van der Waals surface area contributed by atoms with Crippen molar-refractivity contribution in [3.05, 3.63) is 58.0 Å². The number of hydrogen-bond donors (Lipinski definition) is 0. The molecule has 16 heavy (non-hydrogen) atoms. The quantitative estimate of drug-likeness (QED) is 0.800. The van der Waals surface area contributed by atoms with Crippen molar-refractivity contribution in [3.63, 3.8) is 0 Å². The average molecular weight is 279 g/mol. The van der Waals surface area contributed by atoms with E-state index in [1.54, 1.807) is 6.07 Å². The number of carbonyl (C=O) groups excluding carboxylic acids is 1. The average Bonchev–Trinajstić information content (AvgIpc) is 2.68. The van der Waals surface area contributed by atoms with Gasteiger partial charge in [0.1, 0.15) is 0 Å². The van der Waals surface area contributed by atoms with Crippen molar-refractivity contribution in [2.24, 2.45) is 0 Å². The predicted octanol–water partition coefficient (Wildman–Crippen LogP) is 3.78. The molecule has 0 aliphatic carbocycles. The summed E-state index contributed by atoms with van der Waals surface area (Å²) in [6.45, 7) is 2.03. The van der Waals surface area contributed by atoms with E-state index in [1.807, 2.05) is 31.2 Å². The molecule has 0 radical (unpaired) electrons. The maximum atomic E-state index is 11.9. The van der Waals surface area contributed by atoms with Crippen molar-refractivity contribution in [2.45, 2.75) is 13.3 Å². The first-order valence-corrected chi connectivity index (χ1v) is 5.78. The summed E-state index contributed by atoms with van der Waals surface area (Å²) in [5.74, 6) is 0.0597. The van der Waals surface area contributed by atoms with Crippen molar-refractivity contribution < 1.29 is 9.21 Å². The van der Waals surface area contributed by atoms with Crippen LogP contribution in [0.5, 0.6) is 0 Å². The van der Waals surface area contributed by atoms with Crippen molar-refractivity contribution in [1.29, 1.82) is 0 Å². The van der Waals surface area contributed by atoms with E-state index in [0.29, 0.717) is 16.7 Å². The van der Waals surface area contributed by atoms with Crippen LogP contribution in [-0.2, 0) is 6.42 Å². The van der Waals surface area contributed by atoms with Crippen molar-refractivity contribution in [3.8, 4) is 0 Å². The summed E-state index contributed by atoms with van der Waals surface area (Å²) >= 11 is 3.20. The van der Waals surface area contributed by atoms with Crippen LogP contribution in [0, 0.1) is 6.92 Å². The second kappa shape index (κ2) is 4.66. The lowest BCUT2D eigenvalue weighted by Gasteiger charge is -2.00. The number of aryl methyl sites for hydroxylation is 1. The highest BCUT2D eigenvalue weighted by Crippen LogP contribution is 2.19. The lowest BCUT2D eigenvalue weighted by atomic mass is 10.0. The first-order valence-electron chi connectivity index (χ1n) is 4.98. The third-order valence-corrected chi connectivity index (χ3v) is 3.02. The lowest BCUT2D eigenvalue weighted by molar-refractivity contribution is 0.0991. The molecule has 0 saturated carbocycles. The van der Waals surface area contributed by atoms with E-state index in [0.717, 1.165) is 5.56 Å².